The Morgan fingerprint density at radius 3 is 2.45 bits per heavy atom. The van der Waals surface area contributed by atoms with Gasteiger partial charge in [-0.3, -0.25) is 4.79 Å². The number of aromatic nitrogens is 2. The third-order valence-corrected chi connectivity index (χ3v) is 6.17. The number of nitrogens with zero attached hydrogens (tertiary/aromatic N) is 3. The highest BCUT2D eigenvalue weighted by atomic mass is 16.5. The summed E-state index contributed by atoms with van der Waals surface area (Å²) in [7, 11) is 4.01. The van der Waals surface area contributed by atoms with Gasteiger partial charge < -0.3 is 20.3 Å². The lowest BCUT2D eigenvalue weighted by atomic mass is 9.86. The summed E-state index contributed by atoms with van der Waals surface area (Å²) >= 11 is 0. The first-order chi connectivity index (χ1) is 16.0. The molecule has 1 aromatic heterocycles. The van der Waals surface area contributed by atoms with Crippen molar-refractivity contribution in [1.82, 2.24) is 15.3 Å². The van der Waals surface area contributed by atoms with Crippen LogP contribution in [0.1, 0.15) is 43.0 Å². The summed E-state index contributed by atoms with van der Waals surface area (Å²) in [5.74, 6) is 2.86. The number of ether oxygens (including phenoxy) is 1. The van der Waals surface area contributed by atoms with Gasteiger partial charge in [-0.15, -0.1) is 0 Å². The van der Waals surface area contributed by atoms with Crippen LogP contribution >= 0.6 is 0 Å². The fourth-order valence-corrected chi connectivity index (χ4v) is 4.37. The minimum Gasteiger partial charge on any atom is -0.494 e. The van der Waals surface area contributed by atoms with E-state index in [1.807, 2.05) is 68.4 Å². The zero-order valence-electron chi connectivity index (χ0n) is 19.7. The van der Waals surface area contributed by atoms with E-state index in [4.69, 9.17) is 14.7 Å². The first-order valence-corrected chi connectivity index (χ1v) is 11.7. The van der Waals surface area contributed by atoms with Gasteiger partial charge in [0.2, 0.25) is 5.95 Å². The molecule has 33 heavy (non-hydrogen) atoms. The molecule has 0 unspecified atom stereocenters. The van der Waals surface area contributed by atoms with E-state index in [2.05, 4.69) is 16.7 Å². The van der Waals surface area contributed by atoms with Crippen molar-refractivity contribution in [2.45, 2.75) is 38.6 Å². The van der Waals surface area contributed by atoms with Crippen LogP contribution in [0.4, 0.5) is 11.8 Å². The molecule has 1 heterocycles. The Bertz CT molecular complexity index is 1080. The molecule has 7 nitrogen and oxygen atoms in total. The third-order valence-electron chi connectivity index (χ3n) is 6.17. The molecular weight excluding hydrogens is 414 g/mol. The Labute approximate surface area is 195 Å². The lowest BCUT2D eigenvalue weighted by Crippen LogP contribution is -2.34. The van der Waals surface area contributed by atoms with Gasteiger partial charge in [0.05, 0.1) is 12.1 Å². The van der Waals surface area contributed by atoms with Crippen molar-refractivity contribution in [1.29, 1.82) is 0 Å². The minimum absolute atomic E-state index is 0.0286. The number of nitrogens with one attached hydrogen (secondary N) is 2. The number of hydrogen-bond acceptors (Lipinski definition) is 6. The maximum Gasteiger partial charge on any atom is 0.251 e. The molecule has 2 aromatic carbocycles. The predicted molar refractivity (Wildman–Crippen MR) is 133 cm³/mol. The van der Waals surface area contributed by atoms with Gasteiger partial charge >= 0.3 is 0 Å². The number of anilines is 2. The molecule has 1 aliphatic carbocycles. The smallest absolute Gasteiger partial charge is 0.251 e. The van der Waals surface area contributed by atoms with Crippen LogP contribution in [0.3, 0.4) is 0 Å². The highest BCUT2D eigenvalue weighted by Gasteiger charge is 2.23. The number of benzene rings is 2. The number of fused-ring (bicyclic) bond motifs is 1. The zero-order chi connectivity index (χ0) is 23.2. The molecule has 174 valence electrons. The van der Waals surface area contributed by atoms with Gasteiger partial charge in [-0.1, -0.05) is 12.1 Å². The first kappa shape index (κ1) is 22.8. The summed E-state index contributed by atoms with van der Waals surface area (Å²) in [5.41, 5.74) is 1.61. The van der Waals surface area contributed by atoms with Crippen LogP contribution in [0.2, 0.25) is 0 Å². The molecule has 0 radical (unpaired) electrons. The van der Waals surface area contributed by atoms with Crippen LogP contribution in [0.25, 0.3) is 10.9 Å². The van der Waals surface area contributed by atoms with Crippen molar-refractivity contribution >= 4 is 28.6 Å². The van der Waals surface area contributed by atoms with Crippen LogP contribution in [0, 0.1) is 5.92 Å². The third kappa shape index (κ3) is 5.72. The number of carbonyl (C=O) groups is 1. The molecule has 7 heteroatoms. The number of para-hydroxylation sites is 1. The highest BCUT2D eigenvalue weighted by Crippen LogP contribution is 2.28. The quantitative estimate of drug-likeness (QED) is 0.530. The Balaban J connectivity index is 1.28. The normalized spacial score (nSPS) is 18.0. The van der Waals surface area contributed by atoms with Gasteiger partial charge in [-0.2, -0.15) is 4.98 Å². The van der Waals surface area contributed by atoms with Gasteiger partial charge in [0.1, 0.15) is 11.6 Å². The molecule has 1 amide bonds. The average Bonchev–Trinajstić information content (AvgIpc) is 2.83. The molecule has 1 aliphatic rings. The zero-order valence-corrected chi connectivity index (χ0v) is 19.7. The number of amides is 1. The second kappa shape index (κ2) is 10.5. The van der Waals surface area contributed by atoms with E-state index in [-0.39, 0.29) is 5.91 Å². The maximum atomic E-state index is 12.5. The predicted octanol–water partition coefficient (Wildman–Crippen LogP) is 4.50. The molecule has 0 atom stereocenters. The Morgan fingerprint density at radius 1 is 1.03 bits per heavy atom. The van der Waals surface area contributed by atoms with E-state index in [9.17, 15) is 4.79 Å². The standard InChI is InChI=1S/C26H33N5O2/c1-4-33-21-15-11-19(12-16-21)25(32)27-17-18-9-13-20(14-10-18)28-26-29-23-8-6-5-7-22(23)24(30-26)31(2)3/h5-8,11-12,15-16,18,20H,4,9-10,13-14,17H2,1-3H3,(H,27,32)(H,28,29,30). The lowest BCUT2D eigenvalue weighted by molar-refractivity contribution is 0.0943. The van der Waals surface area contributed by atoms with Gasteiger partial charge in [0, 0.05) is 37.6 Å². The number of carbonyl (C=O) groups excluding carboxylic acids is 1. The summed E-state index contributed by atoms with van der Waals surface area (Å²) in [6, 6.07) is 15.8. The fourth-order valence-electron chi connectivity index (χ4n) is 4.37. The van der Waals surface area contributed by atoms with Gasteiger partial charge in [0.25, 0.3) is 5.91 Å². The molecule has 0 saturated heterocycles. The van der Waals surface area contributed by atoms with Gasteiger partial charge in [-0.05, 0) is 74.9 Å². The van der Waals surface area contributed by atoms with Crippen LogP contribution in [-0.4, -0.2) is 49.2 Å². The molecule has 2 N–H and O–H groups in total. The summed E-state index contributed by atoms with van der Waals surface area (Å²) < 4.78 is 5.44. The summed E-state index contributed by atoms with van der Waals surface area (Å²) in [4.78, 5) is 24.0. The minimum atomic E-state index is -0.0286. The van der Waals surface area contributed by atoms with Crippen molar-refractivity contribution < 1.29 is 9.53 Å². The van der Waals surface area contributed by atoms with Crippen LogP contribution in [0.15, 0.2) is 48.5 Å². The van der Waals surface area contributed by atoms with Crippen LogP contribution in [0.5, 0.6) is 5.75 Å². The first-order valence-electron chi connectivity index (χ1n) is 11.7. The molecule has 4 rings (SSSR count). The van der Waals surface area contributed by atoms with E-state index in [1.165, 1.54) is 0 Å². The second-order valence-corrected chi connectivity index (χ2v) is 8.81. The largest absolute Gasteiger partial charge is 0.494 e. The second-order valence-electron chi connectivity index (χ2n) is 8.81. The Kier molecular flexibility index (Phi) is 7.27. The Morgan fingerprint density at radius 2 is 1.76 bits per heavy atom. The molecule has 1 saturated carbocycles. The summed E-state index contributed by atoms with van der Waals surface area (Å²) in [5, 5.41) is 7.70. The molecule has 3 aromatic rings. The SMILES string of the molecule is CCOc1ccc(C(=O)NCC2CCC(Nc3nc(N(C)C)c4ccccc4n3)CC2)cc1. The van der Waals surface area contributed by atoms with E-state index in [0.717, 1.165) is 48.2 Å². The van der Waals surface area contributed by atoms with Gasteiger partial charge in [-0.25, -0.2) is 4.98 Å². The molecule has 0 bridgehead atoms. The van der Waals surface area contributed by atoms with Crippen molar-refractivity contribution in [2.75, 3.05) is 37.5 Å². The summed E-state index contributed by atoms with van der Waals surface area (Å²) in [6.07, 6.45) is 4.21. The lowest BCUT2D eigenvalue weighted by Gasteiger charge is -2.29. The van der Waals surface area contributed by atoms with E-state index in [1.54, 1.807) is 0 Å². The molecule has 0 spiro atoms. The Hall–Kier alpha value is -3.35. The maximum absolute atomic E-state index is 12.5. The fraction of sp³-hybridized carbons (Fsp3) is 0.423. The van der Waals surface area contributed by atoms with E-state index in [0.29, 0.717) is 36.6 Å². The van der Waals surface area contributed by atoms with Crippen molar-refractivity contribution in [3.8, 4) is 5.75 Å². The van der Waals surface area contributed by atoms with E-state index < -0.39 is 0 Å². The van der Waals surface area contributed by atoms with Crippen molar-refractivity contribution in [3.05, 3.63) is 54.1 Å². The van der Waals surface area contributed by atoms with Crippen molar-refractivity contribution in [2.24, 2.45) is 5.92 Å². The highest BCUT2D eigenvalue weighted by molar-refractivity contribution is 5.94. The van der Waals surface area contributed by atoms with Crippen LogP contribution in [-0.2, 0) is 0 Å². The molecule has 0 aliphatic heterocycles. The number of hydrogen-bond donors (Lipinski definition) is 2. The summed E-state index contributed by atoms with van der Waals surface area (Å²) in [6.45, 7) is 3.27. The van der Waals surface area contributed by atoms with E-state index >= 15 is 0 Å². The molecule has 1 fully saturated rings. The van der Waals surface area contributed by atoms with Crippen LogP contribution < -0.4 is 20.3 Å². The molecular formula is C26H33N5O2. The van der Waals surface area contributed by atoms with Gasteiger partial charge in [0.15, 0.2) is 0 Å². The topological polar surface area (TPSA) is 79.4 Å². The number of rotatable bonds is 8. The van der Waals surface area contributed by atoms with Crippen molar-refractivity contribution in [3.63, 3.8) is 0 Å². The average molecular weight is 448 g/mol. The monoisotopic (exact) mass is 447 g/mol.